The second-order valence-electron chi connectivity index (χ2n) is 3.01. The van der Waals surface area contributed by atoms with Crippen LogP contribution in [0.4, 0.5) is 0 Å². The molecule has 0 saturated carbocycles. The Morgan fingerprint density at radius 3 is 2.67 bits per heavy atom. The van der Waals surface area contributed by atoms with Crippen LogP contribution in [-0.2, 0) is 9.47 Å². The average molecular weight is 174 g/mol. The van der Waals surface area contributed by atoms with Gasteiger partial charge in [-0.15, -0.1) is 0 Å². The highest BCUT2D eigenvalue weighted by Crippen LogP contribution is 1.99. The van der Waals surface area contributed by atoms with Gasteiger partial charge in [-0.3, -0.25) is 4.90 Å². The zero-order valence-electron chi connectivity index (χ0n) is 7.66. The van der Waals surface area contributed by atoms with Crippen molar-refractivity contribution in [2.24, 2.45) is 5.73 Å². The lowest BCUT2D eigenvalue weighted by atomic mass is 10.3. The molecule has 0 radical (unpaired) electrons. The third-order valence-corrected chi connectivity index (χ3v) is 2.16. The molecule has 4 nitrogen and oxygen atoms in total. The van der Waals surface area contributed by atoms with Crippen LogP contribution in [0, 0.1) is 0 Å². The molecule has 72 valence electrons. The number of nitrogens with two attached hydrogens (primary N) is 1. The van der Waals surface area contributed by atoms with Gasteiger partial charge in [0.15, 0.2) is 0 Å². The summed E-state index contributed by atoms with van der Waals surface area (Å²) in [5, 5.41) is 0. The van der Waals surface area contributed by atoms with Crippen LogP contribution in [0.15, 0.2) is 0 Å². The van der Waals surface area contributed by atoms with Gasteiger partial charge in [-0.05, 0) is 0 Å². The molecule has 0 aromatic rings. The van der Waals surface area contributed by atoms with E-state index in [0.29, 0.717) is 6.54 Å². The molecule has 0 aromatic carbocycles. The molecule has 0 aromatic heterocycles. The lowest BCUT2D eigenvalue weighted by Gasteiger charge is -2.29. The van der Waals surface area contributed by atoms with Crippen molar-refractivity contribution >= 4 is 0 Å². The minimum Gasteiger partial charge on any atom is -0.379 e. The molecule has 1 heterocycles. The lowest BCUT2D eigenvalue weighted by Crippen LogP contribution is -2.43. The number of morpholine rings is 1. The van der Waals surface area contributed by atoms with E-state index < -0.39 is 0 Å². The number of hydrogen-bond donors (Lipinski definition) is 1. The van der Waals surface area contributed by atoms with E-state index in [1.165, 1.54) is 0 Å². The first kappa shape index (κ1) is 9.92. The molecule has 1 unspecified atom stereocenters. The van der Waals surface area contributed by atoms with Crippen molar-refractivity contribution in [1.82, 2.24) is 4.90 Å². The highest BCUT2D eigenvalue weighted by Gasteiger charge is 2.14. The van der Waals surface area contributed by atoms with Crippen molar-refractivity contribution < 1.29 is 9.47 Å². The van der Waals surface area contributed by atoms with Gasteiger partial charge in [0.2, 0.25) is 0 Å². The zero-order chi connectivity index (χ0) is 8.81. The summed E-state index contributed by atoms with van der Waals surface area (Å²) in [5.74, 6) is 0. The van der Waals surface area contributed by atoms with E-state index in [-0.39, 0.29) is 6.10 Å². The van der Waals surface area contributed by atoms with Gasteiger partial charge in [-0.25, -0.2) is 0 Å². The molecule has 1 rings (SSSR count). The Morgan fingerprint density at radius 2 is 2.17 bits per heavy atom. The minimum absolute atomic E-state index is 0.170. The van der Waals surface area contributed by atoms with E-state index in [2.05, 4.69) is 4.90 Å². The summed E-state index contributed by atoms with van der Waals surface area (Å²) < 4.78 is 10.4. The molecule has 0 amide bonds. The second kappa shape index (κ2) is 5.48. The van der Waals surface area contributed by atoms with Gasteiger partial charge in [0.05, 0.1) is 19.3 Å². The summed E-state index contributed by atoms with van der Waals surface area (Å²) in [6, 6.07) is 0. The fourth-order valence-corrected chi connectivity index (χ4v) is 1.32. The normalized spacial score (nSPS) is 22.5. The van der Waals surface area contributed by atoms with Crippen LogP contribution < -0.4 is 5.73 Å². The van der Waals surface area contributed by atoms with E-state index in [1.54, 1.807) is 7.11 Å². The van der Waals surface area contributed by atoms with Crippen molar-refractivity contribution in [1.29, 1.82) is 0 Å². The highest BCUT2D eigenvalue weighted by molar-refractivity contribution is 4.68. The maximum atomic E-state index is 5.52. The predicted octanol–water partition coefficient (Wildman–Crippen LogP) is -0.708. The molecule has 1 aliphatic heterocycles. The molecular formula is C8H18N2O2. The molecule has 1 fully saturated rings. The number of methoxy groups -OCH3 is 1. The standard InChI is InChI=1S/C8H18N2O2/c1-11-8(6-9)7-10-2-4-12-5-3-10/h8H,2-7,9H2,1H3. The Balaban J connectivity index is 2.18. The van der Waals surface area contributed by atoms with Gasteiger partial charge in [0.1, 0.15) is 0 Å². The smallest absolute Gasteiger partial charge is 0.0820 e. The number of hydrogen-bond acceptors (Lipinski definition) is 4. The molecule has 4 heteroatoms. The van der Waals surface area contributed by atoms with Crippen LogP contribution in [0.3, 0.4) is 0 Å². The van der Waals surface area contributed by atoms with E-state index in [0.717, 1.165) is 32.8 Å². The molecule has 2 N–H and O–H groups in total. The number of nitrogens with zero attached hydrogens (tertiary/aromatic N) is 1. The molecule has 1 aliphatic rings. The SMILES string of the molecule is COC(CN)CN1CCOCC1. The summed E-state index contributed by atoms with van der Waals surface area (Å²) in [6.45, 7) is 5.19. The van der Waals surface area contributed by atoms with Crippen LogP contribution in [0.2, 0.25) is 0 Å². The first-order valence-corrected chi connectivity index (χ1v) is 4.39. The van der Waals surface area contributed by atoms with Crippen molar-refractivity contribution in [3.05, 3.63) is 0 Å². The molecule has 1 saturated heterocycles. The van der Waals surface area contributed by atoms with E-state index in [1.807, 2.05) is 0 Å². The van der Waals surface area contributed by atoms with Gasteiger partial charge in [-0.2, -0.15) is 0 Å². The van der Waals surface area contributed by atoms with E-state index in [9.17, 15) is 0 Å². The highest BCUT2D eigenvalue weighted by atomic mass is 16.5. The number of rotatable bonds is 4. The molecule has 0 aliphatic carbocycles. The Labute approximate surface area is 73.6 Å². The lowest BCUT2D eigenvalue weighted by molar-refractivity contribution is 0.00535. The number of ether oxygens (including phenoxy) is 2. The maximum absolute atomic E-state index is 5.52. The summed E-state index contributed by atoms with van der Waals surface area (Å²) in [7, 11) is 1.71. The average Bonchev–Trinajstić information content (AvgIpc) is 2.16. The fraction of sp³-hybridized carbons (Fsp3) is 1.00. The summed E-state index contributed by atoms with van der Waals surface area (Å²) >= 11 is 0. The van der Waals surface area contributed by atoms with Gasteiger partial charge < -0.3 is 15.2 Å². The van der Waals surface area contributed by atoms with Gasteiger partial charge in [0, 0.05) is 33.3 Å². The first-order valence-electron chi connectivity index (χ1n) is 4.39. The quantitative estimate of drug-likeness (QED) is 0.612. The maximum Gasteiger partial charge on any atom is 0.0820 e. The van der Waals surface area contributed by atoms with Gasteiger partial charge in [-0.1, -0.05) is 0 Å². The summed E-state index contributed by atoms with van der Waals surface area (Å²) in [6.07, 6.45) is 0.170. The van der Waals surface area contributed by atoms with Crippen LogP contribution in [0.5, 0.6) is 0 Å². The summed E-state index contributed by atoms with van der Waals surface area (Å²) in [4.78, 5) is 2.32. The summed E-state index contributed by atoms with van der Waals surface area (Å²) in [5.41, 5.74) is 5.52. The molecule has 12 heavy (non-hydrogen) atoms. The van der Waals surface area contributed by atoms with Gasteiger partial charge >= 0.3 is 0 Å². The van der Waals surface area contributed by atoms with Crippen molar-refractivity contribution in [2.75, 3.05) is 46.5 Å². The monoisotopic (exact) mass is 174 g/mol. The van der Waals surface area contributed by atoms with E-state index in [4.69, 9.17) is 15.2 Å². The van der Waals surface area contributed by atoms with Gasteiger partial charge in [0.25, 0.3) is 0 Å². The van der Waals surface area contributed by atoms with E-state index >= 15 is 0 Å². The Bertz CT molecular complexity index is 112. The Hall–Kier alpha value is -0.160. The van der Waals surface area contributed by atoms with Crippen LogP contribution in [-0.4, -0.2) is 57.5 Å². The largest absolute Gasteiger partial charge is 0.379 e. The first-order chi connectivity index (χ1) is 5.86. The van der Waals surface area contributed by atoms with Crippen LogP contribution >= 0.6 is 0 Å². The van der Waals surface area contributed by atoms with Crippen molar-refractivity contribution in [3.8, 4) is 0 Å². The zero-order valence-corrected chi connectivity index (χ0v) is 7.66. The van der Waals surface area contributed by atoms with Crippen molar-refractivity contribution in [3.63, 3.8) is 0 Å². The molecular weight excluding hydrogens is 156 g/mol. The Morgan fingerprint density at radius 1 is 1.50 bits per heavy atom. The van der Waals surface area contributed by atoms with Crippen LogP contribution in [0.1, 0.15) is 0 Å². The Kier molecular flexibility index (Phi) is 4.53. The third-order valence-electron chi connectivity index (χ3n) is 2.16. The second-order valence-corrected chi connectivity index (χ2v) is 3.01. The van der Waals surface area contributed by atoms with Crippen LogP contribution in [0.25, 0.3) is 0 Å². The molecule has 0 spiro atoms. The fourth-order valence-electron chi connectivity index (χ4n) is 1.32. The minimum atomic E-state index is 0.170. The third kappa shape index (κ3) is 3.06. The molecule has 0 bridgehead atoms. The van der Waals surface area contributed by atoms with Crippen molar-refractivity contribution in [2.45, 2.75) is 6.10 Å². The molecule has 1 atom stereocenters. The predicted molar refractivity (Wildman–Crippen MR) is 47.1 cm³/mol. The topological polar surface area (TPSA) is 47.7 Å².